The van der Waals surface area contributed by atoms with E-state index in [1.807, 2.05) is 18.5 Å². The molecule has 3 aliphatic rings. The number of guanidine groups is 1. The van der Waals surface area contributed by atoms with Gasteiger partial charge in [-0.05, 0) is 45.4 Å². The van der Waals surface area contributed by atoms with Gasteiger partial charge in [-0.3, -0.25) is 4.90 Å². The summed E-state index contributed by atoms with van der Waals surface area (Å²) in [6, 6.07) is 1.31. The second-order valence-electron chi connectivity index (χ2n) is 9.39. The number of hydrogen-bond donors (Lipinski definition) is 3. The quantitative estimate of drug-likeness (QED) is 0.299. The SMILES string of the molecule is Cc1nnc(CN=C(NC2CCCC2)NC2CCN(C3CCCCC3O)CC2)n1C.I. The maximum atomic E-state index is 10.4. The van der Waals surface area contributed by atoms with E-state index in [9.17, 15) is 5.11 Å². The lowest BCUT2D eigenvalue weighted by Gasteiger charge is -2.42. The summed E-state index contributed by atoms with van der Waals surface area (Å²) in [7, 11) is 1.99. The third-order valence-electron chi connectivity index (χ3n) is 7.29. The normalized spacial score (nSPS) is 26.6. The highest BCUT2D eigenvalue weighted by Crippen LogP contribution is 2.26. The molecule has 2 heterocycles. The van der Waals surface area contributed by atoms with Crippen LogP contribution in [0.4, 0.5) is 0 Å². The van der Waals surface area contributed by atoms with Crippen LogP contribution in [0.25, 0.3) is 0 Å². The van der Waals surface area contributed by atoms with Gasteiger partial charge >= 0.3 is 0 Å². The predicted octanol–water partition coefficient (Wildman–Crippen LogP) is 2.49. The number of hydrogen-bond acceptors (Lipinski definition) is 5. The highest BCUT2D eigenvalue weighted by atomic mass is 127. The molecule has 31 heavy (non-hydrogen) atoms. The summed E-state index contributed by atoms with van der Waals surface area (Å²) in [5.41, 5.74) is 0. The number of rotatable bonds is 5. The Hall–Kier alpha value is -0.940. The lowest BCUT2D eigenvalue weighted by atomic mass is 9.89. The maximum Gasteiger partial charge on any atom is 0.192 e. The smallest absolute Gasteiger partial charge is 0.192 e. The van der Waals surface area contributed by atoms with Crippen LogP contribution in [0.2, 0.25) is 0 Å². The molecule has 1 aromatic heterocycles. The molecule has 8 nitrogen and oxygen atoms in total. The van der Waals surface area contributed by atoms with Crippen LogP contribution in [0.3, 0.4) is 0 Å². The first-order valence-corrected chi connectivity index (χ1v) is 11.9. The van der Waals surface area contributed by atoms with E-state index < -0.39 is 0 Å². The van der Waals surface area contributed by atoms with E-state index in [-0.39, 0.29) is 30.1 Å². The third kappa shape index (κ3) is 6.54. The number of aliphatic imine (C=N–C) groups is 1. The first-order valence-electron chi connectivity index (χ1n) is 11.9. The molecule has 0 radical (unpaired) electrons. The topological polar surface area (TPSA) is 90.6 Å². The molecule has 1 saturated heterocycles. The summed E-state index contributed by atoms with van der Waals surface area (Å²) >= 11 is 0. The lowest BCUT2D eigenvalue weighted by molar-refractivity contribution is 0.00809. The fourth-order valence-corrected chi connectivity index (χ4v) is 5.22. The van der Waals surface area contributed by atoms with E-state index in [1.54, 1.807) is 0 Å². The van der Waals surface area contributed by atoms with Crippen LogP contribution in [0.5, 0.6) is 0 Å². The number of aliphatic hydroxyl groups is 1. The van der Waals surface area contributed by atoms with Gasteiger partial charge in [0.2, 0.25) is 0 Å². The fraction of sp³-hybridized carbons (Fsp3) is 0.864. The molecule has 0 spiro atoms. The van der Waals surface area contributed by atoms with Crippen molar-refractivity contribution in [3.05, 3.63) is 11.6 Å². The Kier molecular flexibility index (Phi) is 9.39. The van der Waals surface area contributed by atoms with Crippen molar-refractivity contribution in [1.29, 1.82) is 0 Å². The first-order chi connectivity index (χ1) is 14.6. The molecule has 2 aliphatic carbocycles. The minimum atomic E-state index is -0.140. The average Bonchev–Trinajstić information content (AvgIpc) is 3.38. The molecular formula is C22H40IN7O. The Morgan fingerprint density at radius 3 is 2.19 bits per heavy atom. The standard InChI is InChI=1S/C22H39N7O.HI/c1-16-26-27-21(28(16)2)15-23-22(24-17-7-3-4-8-17)25-18-11-13-29(14-12-18)19-9-5-6-10-20(19)30;/h17-20,30H,3-15H2,1-2H3,(H2,23,24,25);1H. The highest BCUT2D eigenvalue weighted by Gasteiger charge is 2.31. The summed E-state index contributed by atoms with van der Waals surface area (Å²) in [4.78, 5) is 7.38. The first kappa shape index (κ1) is 24.7. The van der Waals surface area contributed by atoms with Crippen LogP contribution < -0.4 is 10.6 Å². The van der Waals surface area contributed by atoms with Crippen molar-refractivity contribution >= 4 is 29.9 Å². The fourth-order valence-electron chi connectivity index (χ4n) is 5.22. The van der Waals surface area contributed by atoms with Crippen LogP contribution in [0, 0.1) is 6.92 Å². The van der Waals surface area contributed by atoms with Crippen LogP contribution >= 0.6 is 24.0 Å². The molecule has 0 aromatic carbocycles. The number of nitrogens with one attached hydrogen (secondary N) is 2. The second-order valence-corrected chi connectivity index (χ2v) is 9.39. The Labute approximate surface area is 203 Å². The zero-order chi connectivity index (χ0) is 20.9. The lowest BCUT2D eigenvalue weighted by Crippen LogP contribution is -2.54. The number of halogens is 1. The highest BCUT2D eigenvalue weighted by molar-refractivity contribution is 14.0. The molecule has 9 heteroatoms. The molecule has 2 atom stereocenters. The Bertz CT molecular complexity index is 711. The van der Waals surface area contributed by atoms with Gasteiger partial charge in [0.1, 0.15) is 12.4 Å². The van der Waals surface area contributed by atoms with Gasteiger partial charge in [-0.25, -0.2) is 4.99 Å². The molecule has 176 valence electrons. The van der Waals surface area contributed by atoms with Gasteiger partial charge in [0, 0.05) is 38.3 Å². The summed E-state index contributed by atoms with van der Waals surface area (Å²) in [6.45, 7) is 4.61. The van der Waals surface area contributed by atoms with E-state index in [2.05, 4.69) is 25.7 Å². The minimum Gasteiger partial charge on any atom is -0.391 e. The van der Waals surface area contributed by atoms with Gasteiger partial charge < -0.3 is 20.3 Å². The van der Waals surface area contributed by atoms with Gasteiger partial charge in [-0.2, -0.15) is 0 Å². The number of aryl methyl sites for hydroxylation is 1. The number of nitrogens with zero attached hydrogens (tertiary/aromatic N) is 5. The van der Waals surface area contributed by atoms with Crippen molar-refractivity contribution in [3.8, 4) is 0 Å². The van der Waals surface area contributed by atoms with Gasteiger partial charge in [0.05, 0.1) is 6.10 Å². The number of aromatic nitrogens is 3. The van der Waals surface area contributed by atoms with Gasteiger partial charge in [-0.1, -0.05) is 25.7 Å². The van der Waals surface area contributed by atoms with Crippen LogP contribution in [-0.2, 0) is 13.6 Å². The molecule has 0 amide bonds. The monoisotopic (exact) mass is 545 g/mol. The predicted molar refractivity (Wildman–Crippen MR) is 134 cm³/mol. The zero-order valence-electron chi connectivity index (χ0n) is 19.1. The van der Waals surface area contributed by atoms with Crippen molar-refractivity contribution < 1.29 is 5.11 Å². The molecule has 0 bridgehead atoms. The van der Waals surface area contributed by atoms with Crippen LogP contribution in [-0.4, -0.2) is 68.0 Å². The van der Waals surface area contributed by atoms with Gasteiger partial charge in [-0.15, -0.1) is 34.2 Å². The molecule has 2 saturated carbocycles. The molecule has 4 rings (SSSR count). The maximum absolute atomic E-state index is 10.4. The average molecular weight is 546 g/mol. The minimum absolute atomic E-state index is 0. The van der Waals surface area contributed by atoms with Gasteiger partial charge in [0.15, 0.2) is 11.8 Å². The van der Waals surface area contributed by atoms with E-state index >= 15 is 0 Å². The van der Waals surface area contributed by atoms with E-state index in [4.69, 9.17) is 4.99 Å². The molecular weight excluding hydrogens is 505 g/mol. The Morgan fingerprint density at radius 1 is 0.968 bits per heavy atom. The van der Waals surface area contributed by atoms with Crippen LogP contribution in [0.1, 0.15) is 75.9 Å². The number of piperidine rings is 1. The van der Waals surface area contributed by atoms with Crippen molar-refractivity contribution in [2.45, 2.75) is 102 Å². The Balaban J connectivity index is 0.00000272. The van der Waals surface area contributed by atoms with Crippen LogP contribution in [0.15, 0.2) is 4.99 Å². The Morgan fingerprint density at radius 2 is 1.58 bits per heavy atom. The largest absolute Gasteiger partial charge is 0.391 e. The van der Waals surface area contributed by atoms with Gasteiger partial charge in [0.25, 0.3) is 0 Å². The van der Waals surface area contributed by atoms with Crippen molar-refractivity contribution in [1.82, 2.24) is 30.3 Å². The summed E-state index contributed by atoms with van der Waals surface area (Å²) in [5, 5.41) is 26.2. The summed E-state index contributed by atoms with van der Waals surface area (Å²) < 4.78 is 2.00. The number of aliphatic hydroxyl groups excluding tert-OH is 1. The number of likely N-dealkylation sites (tertiary alicyclic amines) is 1. The molecule has 1 aliphatic heterocycles. The molecule has 2 unspecified atom stereocenters. The molecule has 1 aromatic rings. The second kappa shape index (κ2) is 11.8. The van der Waals surface area contributed by atoms with Crippen molar-refractivity contribution in [2.24, 2.45) is 12.0 Å². The molecule has 3 fully saturated rings. The van der Waals surface area contributed by atoms with E-state index in [0.29, 0.717) is 24.7 Å². The third-order valence-corrected chi connectivity index (χ3v) is 7.29. The summed E-state index contributed by atoms with van der Waals surface area (Å²) in [5.74, 6) is 2.72. The van der Waals surface area contributed by atoms with Crippen molar-refractivity contribution in [3.63, 3.8) is 0 Å². The van der Waals surface area contributed by atoms with E-state index in [0.717, 1.165) is 56.4 Å². The van der Waals surface area contributed by atoms with E-state index in [1.165, 1.54) is 38.5 Å². The summed E-state index contributed by atoms with van der Waals surface area (Å²) in [6.07, 6.45) is 11.6. The molecule has 3 N–H and O–H groups in total. The van der Waals surface area contributed by atoms with Crippen molar-refractivity contribution in [2.75, 3.05) is 13.1 Å². The zero-order valence-corrected chi connectivity index (χ0v) is 21.4.